The van der Waals surface area contributed by atoms with Crippen molar-refractivity contribution in [1.29, 1.82) is 0 Å². The third-order valence-electron chi connectivity index (χ3n) is 6.82. The quantitative estimate of drug-likeness (QED) is 0.0523. The molecule has 3 N–H and O–H groups in total. The summed E-state index contributed by atoms with van der Waals surface area (Å²) >= 11 is 0. The highest BCUT2D eigenvalue weighted by atomic mass is 32.2. The average Bonchev–Trinajstić information content (AvgIpc) is 3.09. The minimum atomic E-state index is -4.99. The maximum Gasteiger partial charge on any atom is 0.308 e. The summed E-state index contributed by atoms with van der Waals surface area (Å²) in [5, 5.41) is 0. The molecule has 17 nitrogen and oxygen atoms in total. The predicted molar refractivity (Wildman–Crippen MR) is 179 cm³/mol. The van der Waals surface area contributed by atoms with Gasteiger partial charge in [-0.1, -0.05) is 0 Å². The van der Waals surface area contributed by atoms with E-state index in [0.717, 1.165) is 13.8 Å². The summed E-state index contributed by atoms with van der Waals surface area (Å²) in [6.45, 7) is 9.37. The lowest BCUT2D eigenvalue weighted by atomic mass is 9.94. The van der Waals surface area contributed by atoms with Gasteiger partial charge in [0.15, 0.2) is 12.3 Å². The summed E-state index contributed by atoms with van der Waals surface area (Å²) in [6.07, 6.45) is -3.84. The molecule has 20 heteroatoms. The first kappa shape index (κ1) is 47.8. The Kier molecular flexibility index (Phi) is 27.7. The van der Waals surface area contributed by atoms with Crippen molar-refractivity contribution < 1.29 is 83.4 Å². The molecule has 0 aromatic rings. The molecule has 0 fully saturated rings. The predicted octanol–water partition coefficient (Wildman–Crippen LogP) is 1.09. The summed E-state index contributed by atoms with van der Waals surface area (Å²) in [6, 6.07) is 0. The lowest BCUT2D eigenvalue weighted by Crippen LogP contribution is -2.35. The number of esters is 1. The minimum absolute atomic E-state index is 0.0566. The molecule has 0 heterocycles. The number of alkyl halides is 1. The van der Waals surface area contributed by atoms with Crippen LogP contribution in [0.3, 0.4) is 0 Å². The van der Waals surface area contributed by atoms with Gasteiger partial charge in [-0.25, -0.2) is 8.78 Å². The Hall–Kier alpha value is -2.21. The lowest BCUT2D eigenvalue weighted by molar-refractivity contribution is -0.151. The number of carbonyl (C=O) groups is 2. The van der Waals surface area contributed by atoms with Crippen LogP contribution in [0, 0.1) is 0 Å². The molecule has 0 bridgehead atoms. The molecular formula is C32H55F2NO16S. The summed E-state index contributed by atoms with van der Waals surface area (Å²) < 4.78 is 120. The van der Waals surface area contributed by atoms with Crippen molar-refractivity contribution in [2.45, 2.75) is 39.0 Å². The van der Waals surface area contributed by atoms with E-state index in [0.29, 0.717) is 112 Å². The second-order valence-electron chi connectivity index (χ2n) is 10.9. The SMILES string of the molecule is CC1=C(S(=O)(=O)O)C(F)=C(C)C(OC(=O)CCOCCOCCOCCOCCOCCOCCOCCOCCOCCOCCC(N)=O)C1F. The van der Waals surface area contributed by atoms with Crippen molar-refractivity contribution in [3.63, 3.8) is 0 Å². The van der Waals surface area contributed by atoms with E-state index >= 15 is 0 Å². The van der Waals surface area contributed by atoms with Crippen LogP contribution in [0.1, 0.15) is 26.7 Å². The fraction of sp³-hybridized carbons (Fsp3) is 0.812. The Morgan fingerprint density at radius 2 is 0.865 bits per heavy atom. The fourth-order valence-electron chi connectivity index (χ4n) is 4.12. The maximum absolute atomic E-state index is 14.7. The van der Waals surface area contributed by atoms with Gasteiger partial charge in [0.25, 0.3) is 10.1 Å². The first-order valence-electron chi connectivity index (χ1n) is 16.9. The van der Waals surface area contributed by atoms with E-state index in [2.05, 4.69) is 0 Å². The number of rotatable bonds is 35. The molecule has 0 radical (unpaired) electrons. The standard InChI is InChI=1S/C32H55F2NO16S/c1-25-30(34)32(52(38,39)40)26(2)29(33)31(25)51-28(37)4-6-42-8-10-44-12-14-46-16-18-48-20-22-50-24-23-49-21-19-47-17-15-45-13-11-43-9-7-41-5-3-27(35)36/h29,31H,3-24H2,1-2H3,(H2,35,36)(H,38,39,40). The highest BCUT2D eigenvalue weighted by Crippen LogP contribution is 2.37. The van der Waals surface area contributed by atoms with Crippen molar-refractivity contribution in [2.24, 2.45) is 5.73 Å². The summed E-state index contributed by atoms with van der Waals surface area (Å²) in [4.78, 5) is 21.5. The number of primary amides is 1. The van der Waals surface area contributed by atoms with Crippen LogP contribution in [-0.2, 0) is 71.8 Å². The molecule has 304 valence electrons. The van der Waals surface area contributed by atoms with Crippen molar-refractivity contribution in [1.82, 2.24) is 0 Å². The average molecular weight is 780 g/mol. The first-order valence-corrected chi connectivity index (χ1v) is 18.3. The van der Waals surface area contributed by atoms with Gasteiger partial charge in [-0.3, -0.25) is 14.1 Å². The van der Waals surface area contributed by atoms with Gasteiger partial charge in [0.2, 0.25) is 5.91 Å². The van der Waals surface area contributed by atoms with Gasteiger partial charge in [-0.2, -0.15) is 8.42 Å². The molecule has 2 atom stereocenters. The van der Waals surface area contributed by atoms with Gasteiger partial charge in [-0.15, -0.1) is 0 Å². The number of carbonyl (C=O) groups excluding carboxylic acids is 2. The molecule has 1 amide bonds. The van der Waals surface area contributed by atoms with Crippen molar-refractivity contribution in [3.05, 3.63) is 21.9 Å². The van der Waals surface area contributed by atoms with E-state index in [-0.39, 0.29) is 32.7 Å². The van der Waals surface area contributed by atoms with E-state index < -0.39 is 56.1 Å². The molecule has 1 aliphatic carbocycles. The number of hydrogen-bond acceptors (Lipinski definition) is 15. The number of allylic oxidation sites excluding steroid dienone is 1. The van der Waals surface area contributed by atoms with Gasteiger partial charge in [0.05, 0.1) is 139 Å². The topological polar surface area (TPSA) is 216 Å². The molecule has 1 aliphatic rings. The van der Waals surface area contributed by atoms with E-state index in [4.69, 9.17) is 57.8 Å². The Labute approximate surface area is 304 Å². The zero-order valence-corrected chi connectivity index (χ0v) is 30.8. The molecule has 0 saturated carbocycles. The van der Waals surface area contributed by atoms with Crippen LogP contribution in [0.25, 0.3) is 0 Å². The lowest BCUT2D eigenvalue weighted by Gasteiger charge is -2.28. The van der Waals surface area contributed by atoms with Crippen LogP contribution in [-0.4, -0.2) is 169 Å². The number of amides is 1. The molecule has 52 heavy (non-hydrogen) atoms. The zero-order valence-electron chi connectivity index (χ0n) is 30.0. The molecule has 0 aliphatic heterocycles. The highest BCUT2D eigenvalue weighted by Gasteiger charge is 2.41. The second kappa shape index (κ2) is 30.2. The van der Waals surface area contributed by atoms with Crippen LogP contribution < -0.4 is 5.73 Å². The smallest absolute Gasteiger partial charge is 0.308 e. The number of ether oxygens (including phenoxy) is 11. The normalized spacial score (nSPS) is 16.6. The van der Waals surface area contributed by atoms with Gasteiger partial charge in [-0.05, 0) is 19.4 Å². The Morgan fingerprint density at radius 1 is 0.577 bits per heavy atom. The molecule has 0 spiro atoms. The first-order chi connectivity index (χ1) is 25.0. The van der Waals surface area contributed by atoms with Gasteiger partial charge in [0, 0.05) is 12.0 Å². The van der Waals surface area contributed by atoms with E-state index in [1.807, 2.05) is 0 Å². The fourth-order valence-corrected chi connectivity index (χ4v) is 5.03. The third kappa shape index (κ3) is 23.5. The van der Waals surface area contributed by atoms with Gasteiger partial charge >= 0.3 is 5.97 Å². The summed E-state index contributed by atoms with van der Waals surface area (Å²) in [5.41, 5.74) is 3.97. The van der Waals surface area contributed by atoms with E-state index in [1.54, 1.807) is 0 Å². The highest BCUT2D eigenvalue weighted by molar-refractivity contribution is 7.90. The largest absolute Gasteiger partial charge is 0.454 e. The Balaban J connectivity index is 1.80. The minimum Gasteiger partial charge on any atom is -0.454 e. The Bertz CT molecular complexity index is 1160. The van der Waals surface area contributed by atoms with Crippen LogP contribution in [0.5, 0.6) is 0 Å². The van der Waals surface area contributed by atoms with Gasteiger partial charge in [0.1, 0.15) is 10.7 Å². The molecule has 0 aromatic heterocycles. The second-order valence-corrected chi connectivity index (χ2v) is 12.2. The van der Waals surface area contributed by atoms with Crippen LogP contribution in [0.4, 0.5) is 8.78 Å². The molecule has 1 rings (SSSR count). The summed E-state index contributed by atoms with van der Waals surface area (Å²) in [7, 11) is -4.99. The van der Waals surface area contributed by atoms with Crippen molar-refractivity contribution in [2.75, 3.05) is 132 Å². The number of nitrogens with two attached hydrogens (primary N) is 1. The van der Waals surface area contributed by atoms with Crippen LogP contribution in [0.2, 0.25) is 0 Å². The summed E-state index contributed by atoms with van der Waals surface area (Å²) in [5.74, 6) is -2.61. The third-order valence-corrected chi connectivity index (χ3v) is 7.83. The molecule has 0 aromatic carbocycles. The molecule has 0 saturated heterocycles. The monoisotopic (exact) mass is 779 g/mol. The Morgan fingerprint density at radius 3 is 1.15 bits per heavy atom. The zero-order chi connectivity index (χ0) is 38.5. The molecular weight excluding hydrogens is 724 g/mol. The van der Waals surface area contributed by atoms with Gasteiger partial charge < -0.3 is 57.8 Å². The number of hydrogen-bond donors (Lipinski definition) is 2. The van der Waals surface area contributed by atoms with Crippen LogP contribution >= 0.6 is 0 Å². The van der Waals surface area contributed by atoms with Crippen molar-refractivity contribution >= 4 is 22.0 Å². The molecule has 2 unspecified atom stereocenters. The van der Waals surface area contributed by atoms with Crippen molar-refractivity contribution in [3.8, 4) is 0 Å². The number of halogens is 2. The van der Waals surface area contributed by atoms with Crippen LogP contribution in [0.15, 0.2) is 21.9 Å². The van der Waals surface area contributed by atoms with E-state index in [1.165, 1.54) is 0 Å². The van der Waals surface area contributed by atoms with E-state index in [9.17, 15) is 31.3 Å². The maximum atomic E-state index is 14.7.